The smallest absolute Gasteiger partial charge is 0.252 e. The maximum absolute atomic E-state index is 14.1. The minimum absolute atomic E-state index is 0.100. The number of fused-ring (bicyclic) bond motifs is 2. The van der Waals surface area contributed by atoms with Crippen molar-refractivity contribution in [3.63, 3.8) is 0 Å². The van der Waals surface area contributed by atoms with Crippen molar-refractivity contribution in [2.45, 2.75) is 76.2 Å². The molecule has 4 N–H and O–H groups in total. The molecular weight excluding hydrogens is 1040 g/mol. The zero-order valence-electron chi connectivity index (χ0n) is 43.1. The van der Waals surface area contributed by atoms with Gasteiger partial charge in [0.1, 0.15) is 12.1 Å². The third-order valence-electron chi connectivity index (χ3n) is 14.0. The van der Waals surface area contributed by atoms with Gasteiger partial charge in [0, 0.05) is 34.9 Å². The summed E-state index contributed by atoms with van der Waals surface area (Å²) >= 11 is 3.16. The summed E-state index contributed by atoms with van der Waals surface area (Å²) < 4.78 is 0. The number of halogens is 1. The van der Waals surface area contributed by atoms with Crippen molar-refractivity contribution in [3.8, 4) is 0 Å². The second-order valence-corrected chi connectivity index (χ2v) is 20.4. The molecule has 6 aromatic rings. The van der Waals surface area contributed by atoms with Crippen LogP contribution >= 0.6 is 15.9 Å². The molecule has 4 atom stereocenters. The number of anilines is 4. The Morgan fingerprint density at radius 2 is 1.09 bits per heavy atom. The zero-order chi connectivity index (χ0) is 54.6. The van der Waals surface area contributed by atoms with E-state index < -0.39 is 40.7 Å². The number of para-hydroxylation sites is 2. The predicted octanol–water partition coefficient (Wildman–Crippen LogP) is 7.75. The predicted molar refractivity (Wildman–Crippen MR) is 301 cm³/mol. The average Bonchev–Trinajstić information content (AvgIpc) is 4.39. The summed E-state index contributed by atoms with van der Waals surface area (Å²) in [5.41, 5.74) is 6.87. The van der Waals surface area contributed by atoms with Crippen LogP contribution in [-0.4, -0.2) is 110 Å². The summed E-state index contributed by atoms with van der Waals surface area (Å²) in [5, 5.41) is 25.3. The van der Waals surface area contributed by atoms with Crippen molar-refractivity contribution in [1.82, 2.24) is 9.97 Å². The summed E-state index contributed by atoms with van der Waals surface area (Å²) in [6, 6.07) is 38.2. The molecule has 0 saturated heterocycles. The molecule has 0 bridgehead atoms. The van der Waals surface area contributed by atoms with Gasteiger partial charge in [-0.25, -0.2) is 0 Å². The van der Waals surface area contributed by atoms with Crippen molar-refractivity contribution in [2.24, 2.45) is 21.3 Å². The second-order valence-electron chi connectivity index (χ2n) is 19.3. The minimum Gasteiger partial charge on any atom is -0.395 e. The molecule has 17 heteroatoms. The number of hydrogen-bond donors (Lipinski definition) is 4. The molecule has 2 aliphatic heterocycles. The van der Waals surface area contributed by atoms with Crippen molar-refractivity contribution in [3.05, 3.63) is 179 Å². The minimum atomic E-state index is -1.09. The Bertz CT molecular complexity index is 3200. The molecular formula is C60H61BrN8O8. The molecule has 16 nitrogen and oxygen atoms in total. The number of ketones is 2. The number of alkyl halides is 1. The van der Waals surface area contributed by atoms with E-state index >= 15 is 0 Å². The largest absolute Gasteiger partial charge is 0.395 e. The van der Waals surface area contributed by atoms with Crippen LogP contribution in [-0.2, 0) is 41.6 Å². The summed E-state index contributed by atoms with van der Waals surface area (Å²) in [6.07, 6.45) is 6.27. The highest BCUT2D eigenvalue weighted by atomic mass is 79.9. The molecule has 1 aliphatic carbocycles. The second kappa shape index (κ2) is 25.3. The number of benzodiazepines with no additional fused rings is 2. The Morgan fingerprint density at radius 3 is 1.51 bits per heavy atom. The lowest BCUT2D eigenvalue weighted by Crippen LogP contribution is -2.47. The Kier molecular flexibility index (Phi) is 18.2. The van der Waals surface area contributed by atoms with Gasteiger partial charge in [0.25, 0.3) is 11.8 Å². The van der Waals surface area contributed by atoms with E-state index in [1.807, 2.05) is 98.8 Å². The molecule has 0 unspecified atom stereocenters. The highest BCUT2D eigenvalue weighted by Crippen LogP contribution is 2.46. The molecule has 396 valence electrons. The molecule has 4 aromatic carbocycles. The van der Waals surface area contributed by atoms with Gasteiger partial charge in [-0.2, -0.15) is 0 Å². The topological polar surface area (TPSA) is 224 Å². The van der Waals surface area contributed by atoms with E-state index in [0.717, 1.165) is 36.8 Å². The molecule has 0 spiro atoms. The maximum Gasteiger partial charge on any atom is 0.252 e. The van der Waals surface area contributed by atoms with Crippen LogP contribution in [0.5, 0.6) is 0 Å². The first-order chi connectivity index (χ1) is 37.2. The maximum atomic E-state index is 14.1. The number of carbonyl (C=O) groups is 6. The Hall–Kier alpha value is -7.86. The van der Waals surface area contributed by atoms with Gasteiger partial charge in [-0.3, -0.25) is 48.7 Å². The van der Waals surface area contributed by atoms with Gasteiger partial charge in [-0.1, -0.05) is 109 Å². The zero-order valence-corrected chi connectivity index (χ0v) is 44.7. The number of aryl methyl sites for hydroxylation is 2. The number of aliphatic hydroxyl groups is 2. The van der Waals surface area contributed by atoms with Crippen molar-refractivity contribution in [1.29, 1.82) is 0 Å². The molecule has 2 aromatic heterocycles. The molecule has 0 radical (unpaired) electrons. The van der Waals surface area contributed by atoms with E-state index in [1.165, 1.54) is 9.80 Å². The van der Waals surface area contributed by atoms with Crippen LogP contribution in [0, 0.1) is 11.3 Å². The monoisotopic (exact) mass is 1100 g/mol. The highest BCUT2D eigenvalue weighted by molar-refractivity contribution is 9.10. The number of benzene rings is 4. The van der Waals surface area contributed by atoms with Gasteiger partial charge < -0.3 is 30.6 Å². The first kappa shape index (κ1) is 55.4. The Balaban J connectivity index is 0.000000204. The van der Waals surface area contributed by atoms with Crippen LogP contribution in [0.2, 0.25) is 0 Å². The fourth-order valence-electron chi connectivity index (χ4n) is 9.34. The van der Waals surface area contributed by atoms with Crippen LogP contribution in [0.15, 0.2) is 156 Å². The third-order valence-corrected chi connectivity index (χ3v) is 14.8. The molecule has 4 amide bonds. The molecule has 1 fully saturated rings. The van der Waals surface area contributed by atoms with Crippen LogP contribution < -0.4 is 20.4 Å². The number of pyridine rings is 2. The van der Waals surface area contributed by atoms with Gasteiger partial charge in [0.15, 0.2) is 11.6 Å². The number of aromatic nitrogens is 2. The van der Waals surface area contributed by atoms with E-state index in [9.17, 15) is 39.0 Å². The highest BCUT2D eigenvalue weighted by Gasteiger charge is 2.48. The molecule has 3 aliphatic rings. The van der Waals surface area contributed by atoms with Crippen LogP contribution in [0.3, 0.4) is 0 Å². The standard InChI is InChI=1S/C32H34N4O4.C28H27BrN4O4/c1-3-21-9-8-10-23(17-21)34-29(39)18-26-31(40)36(19-28(38)32(2,20-37)22-14-15-22)27-13-5-4-11-24(27)30(35-26)25-12-6-7-16-33-25;1-2-18-8-7-9-19(14-18)31-26(36)15-23-28(37)33(16-25(35)21(29)17-34)24-12-4-3-10-20(24)27(32-23)22-11-5-6-13-30-22/h4-13,16-17,22,26,37H,3,14-15,18-20H2,1-2H3,(H,34,39);3-14,21,23,34H,2,15-17H2,1H3,(H,31,36)/t26-,32+;21-,23+/m01/s1. The molecule has 77 heavy (non-hydrogen) atoms. The van der Waals surface area contributed by atoms with E-state index in [2.05, 4.69) is 36.5 Å². The Labute approximate surface area is 455 Å². The molecule has 1 saturated carbocycles. The van der Waals surface area contributed by atoms with E-state index in [4.69, 9.17) is 9.98 Å². The summed E-state index contributed by atoms with van der Waals surface area (Å²) in [6.45, 7) is 4.66. The van der Waals surface area contributed by atoms with Gasteiger partial charge in [-0.05, 0) is 103 Å². The van der Waals surface area contributed by atoms with Gasteiger partial charge in [-0.15, -0.1) is 0 Å². The summed E-state index contributed by atoms with van der Waals surface area (Å²) in [4.78, 5) is 101. The van der Waals surface area contributed by atoms with Crippen molar-refractivity contribution in [2.75, 3.05) is 46.7 Å². The van der Waals surface area contributed by atoms with Gasteiger partial charge in [0.05, 0.1) is 83.6 Å². The third kappa shape index (κ3) is 13.2. The van der Waals surface area contributed by atoms with Crippen LogP contribution in [0.25, 0.3) is 0 Å². The lowest BCUT2D eigenvalue weighted by atomic mass is 9.81. The van der Waals surface area contributed by atoms with Crippen molar-refractivity contribution < 1.29 is 39.0 Å². The average molecular weight is 1100 g/mol. The Morgan fingerprint density at radius 1 is 0.636 bits per heavy atom. The van der Waals surface area contributed by atoms with Gasteiger partial charge in [0.2, 0.25) is 11.8 Å². The number of nitrogens with zero attached hydrogens (tertiary/aromatic N) is 6. The molecule has 9 rings (SSSR count). The number of rotatable bonds is 19. The fourth-order valence-corrected chi connectivity index (χ4v) is 9.49. The summed E-state index contributed by atoms with van der Waals surface area (Å²) in [5.74, 6) is -2.13. The fraction of sp³-hybridized carbons (Fsp3) is 0.300. The first-order valence-electron chi connectivity index (χ1n) is 25.7. The number of hydrogen-bond acceptors (Lipinski definition) is 12. The van der Waals surface area contributed by atoms with Crippen LogP contribution in [0.4, 0.5) is 22.7 Å². The first-order valence-corrected chi connectivity index (χ1v) is 26.7. The lowest BCUT2D eigenvalue weighted by Gasteiger charge is -2.31. The van der Waals surface area contributed by atoms with Crippen LogP contribution in [0.1, 0.15) is 80.1 Å². The SMILES string of the molecule is CCc1cccc(NC(=O)C[C@@H]2N=C(c3ccccn3)c3ccccc3N(CC(=O)[C@H](Br)CO)C2=O)c1.CCc1cccc(NC(=O)C[C@@H]2N=C(c3ccccn3)c3ccccc3N(CC(=O)[C@](C)(CO)C3CC3)C2=O)c1. The number of amides is 4. The van der Waals surface area contributed by atoms with Gasteiger partial charge >= 0.3 is 0 Å². The number of Topliss-reactive ketones (excluding diaryl/α,β-unsaturated/α-hetero) is 2. The van der Waals surface area contributed by atoms with E-state index in [0.29, 0.717) is 56.7 Å². The molecule has 4 heterocycles. The van der Waals surface area contributed by atoms with E-state index in [1.54, 1.807) is 67.8 Å². The quantitative estimate of drug-likeness (QED) is 0.0577. The number of aliphatic imine (C=N–C) groups is 2. The van der Waals surface area contributed by atoms with E-state index in [-0.39, 0.29) is 61.8 Å². The number of nitrogens with one attached hydrogen (secondary N) is 2. The number of aliphatic hydroxyl groups excluding tert-OH is 2. The summed E-state index contributed by atoms with van der Waals surface area (Å²) in [7, 11) is 0. The normalized spacial score (nSPS) is 17.1. The van der Waals surface area contributed by atoms with Crippen molar-refractivity contribution >= 4 is 85.3 Å². The number of carbonyl (C=O) groups excluding carboxylic acids is 6. The lowest BCUT2D eigenvalue weighted by molar-refractivity contribution is -0.132.